The highest BCUT2D eigenvalue weighted by Gasteiger charge is 2.10. The Morgan fingerprint density at radius 1 is 1.31 bits per heavy atom. The summed E-state index contributed by atoms with van der Waals surface area (Å²) in [6, 6.07) is 0. The van der Waals surface area contributed by atoms with Crippen molar-refractivity contribution in [3.05, 3.63) is 28.4 Å². The Hall–Kier alpha value is -1.43. The van der Waals surface area contributed by atoms with Gasteiger partial charge in [-0.1, -0.05) is 0 Å². The van der Waals surface area contributed by atoms with Gasteiger partial charge < -0.3 is 4.74 Å². The van der Waals surface area contributed by atoms with Crippen LogP contribution in [0.1, 0.15) is 11.4 Å². The number of aromatic nitrogens is 4. The standard InChI is InChI=1S/C10H11BrN4O/c1-6-7(2)15(5-13-6)10-12-4-8(11)9(14-10)16-3/h4-5H,1-3H3. The van der Waals surface area contributed by atoms with Gasteiger partial charge in [-0.3, -0.25) is 4.57 Å². The molecule has 0 bridgehead atoms. The molecule has 0 aliphatic rings. The number of nitrogens with zero attached hydrogens (tertiary/aromatic N) is 4. The average molecular weight is 283 g/mol. The Balaban J connectivity index is 2.52. The maximum Gasteiger partial charge on any atom is 0.238 e. The summed E-state index contributed by atoms with van der Waals surface area (Å²) in [5.41, 5.74) is 1.98. The predicted molar refractivity (Wildman–Crippen MR) is 62.9 cm³/mol. The molecule has 6 heteroatoms. The van der Waals surface area contributed by atoms with Crippen molar-refractivity contribution in [3.63, 3.8) is 0 Å². The number of hydrogen-bond acceptors (Lipinski definition) is 4. The zero-order valence-electron chi connectivity index (χ0n) is 9.23. The van der Waals surface area contributed by atoms with Crippen LogP contribution in [0.25, 0.3) is 5.95 Å². The summed E-state index contributed by atoms with van der Waals surface area (Å²) >= 11 is 3.31. The molecule has 84 valence electrons. The van der Waals surface area contributed by atoms with E-state index in [2.05, 4.69) is 30.9 Å². The SMILES string of the molecule is COc1nc(-n2cnc(C)c2C)ncc1Br. The normalized spacial score (nSPS) is 10.5. The number of aryl methyl sites for hydroxylation is 1. The first-order chi connectivity index (χ1) is 7.63. The van der Waals surface area contributed by atoms with Crippen molar-refractivity contribution in [1.82, 2.24) is 19.5 Å². The van der Waals surface area contributed by atoms with Gasteiger partial charge in [0, 0.05) is 5.69 Å². The summed E-state index contributed by atoms with van der Waals surface area (Å²) in [6.45, 7) is 3.92. The Morgan fingerprint density at radius 3 is 2.62 bits per heavy atom. The van der Waals surface area contributed by atoms with E-state index in [9.17, 15) is 0 Å². The van der Waals surface area contributed by atoms with Crippen molar-refractivity contribution in [2.75, 3.05) is 7.11 Å². The number of methoxy groups -OCH3 is 1. The third-order valence-corrected chi connectivity index (χ3v) is 2.90. The third-order valence-electron chi connectivity index (χ3n) is 2.36. The lowest BCUT2D eigenvalue weighted by Crippen LogP contribution is -2.03. The molecule has 0 N–H and O–H groups in total. The number of halogens is 1. The van der Waals surface area contributed by atoms with Crippen molar-refractivity contribution in [2.45, 2.75) is 13.8 Å². The van der Waals surface area contributed by atoms with E-state index in [0.29, 0.717) is 11.8 Å². The molecule has 0 fully saturated rings. The molecule has 16 heavy (non-hydrogen) atoms. The largest absolute Gasteiger partial charge is 0.480 e. The van der Waals surface area contributed by atoms with Gasteiger partial charge in [-0.05, 0) is 29.8 Å². The van der Waals surface area contributed by atoms with Crippen LogP contribution in [0, 0.1) is 13.8 Å². The van der Waals surface area contributed by atoms with Gasteiger partial charge in [0.05, 0.1) is 23.5 Å². The Labute approximate surface area is 102 Å². The molecule has 2 aromatic rings. The van der Waals surface area contributed by atoms with Gasteiger partial charge in [-0.25, -0.2) is 9.97 Å². The van der Waals surface area contributed by atoms with Crippen LogP contribution in [0.15, 0.2) is 17.0 Å². The van der Waals surface area contributed by atoms with Crippen LogP contribution >= 0.6 is 15.9 Å². The quantitative estimate of drug-likeness (QED) is 0.846. The molecule has 2 heterocycles. The van der Waals surface area contributed by atoms with Crippen molar-refractivity contribution < 1.29 is 4.74 Å². The lowest BCUT2D eigenvalue weighted by molar-refractivity contribution is 0.393. The average Bonchev–Trinajstić information content (AvgIpc) is 2.61. The summed E-state index contributed by atoms with van der Waals surface area (Å²) < 4.78 is 7.68. The van der Waals surface area contributed by atoms with Gasteiger partial charge in [0.25, 0.3) is 0 Å². The molecule has 0 radical (unpaired) electrons. The van der Waals surface area contributed by atoms with E-state index in [-0.39, 0.29) is 0 Å². The van der Waals surface area contributed by atoms with Crippen molar-refractivity contribution in [2.24, 2.45) is 0 Å². The fourth-order valence-corrected chi connectivity index (χ4v) is 1.66. The second-order valence-electron chi connectivity index (χ2n) is 3.31. The van der Waals surface area contributed by atoms with Gasteiger partial charge in [-0.2, -0.15) is 4.98 Å². The summed E-state index contributed by atoms with van der Waals surface area (Å²) in [7, 11) is 1.57. The molecule has 0 spiro atoms. The van der Waals surface area contributed by atoms with Crippen molar-refractivity contribution in [3.8, 4) is 11.8 Å². The van der Waals surface area contributed by atoms with E-state index in [4.69, 9.17) is 4.74 Å². The summed E-state index contributed by atoms with van der Waals surface area (Å²) in [5, 5.41) is 0. The first-order valence-corrected chi connectivity index (χ1v) is 5.50. The molecule has 0 amide bonds. The maximum absolute atomic E-state index is 5.12. The Morgan fingerprint density at radius 2 is 2.06 bits per heavy atom. The molecular formula is C10H11BrN4O. The molecule has 2 rings (SSSR count). The van der Waals surface area contributed by atoms with Crippen LogP contribution in [-0.4, -0.2) is 26.6 Å². The number of ether oxygens (including phenoxy) is 1. The smallest absolute Gasteiger partial charge is 0.238 e. The second-order valence-corrected chi connectivity index (χ2v) is 4.17. The molecule has 0 saturated heterocycles. The third kappa shape index (κ3) is 1.80. The first kappa shape index (κ1) is 11.1. The molecular weight excluding hydrogens is 272 g/mol. The number of hydrogen-bond donors (Lipinski definition) is 0. The van der Waals surface area contributed by atoms with E-state index in [1.807, 2.05) is 18.4 Å². The zero-order valence-corrected chi connectivity index (χ0v) is 10.8. The lowest BCUT2D eigenvalue weighted by atomic mass is 10.4. The second kappa shape index (κ2) is 4.21. The minimum atomic E-state index is 0.510. The van der Waals surface area contributed by atoms with Crippen LogP contribution in [0.2, 0.25) is 0 Å². The molecule has 5 nitrogen and oxygen atoms in total. The maximum atomic E-state index is 5.12. The Kier molecular flexibility index (Phi) is 2.91. The number of imidazole rings is 1. The van der Waals surface area contributed by atoms with E-state index >= 15 is 0 Å². The van der Waals surface area contributed by atoms with Crippen LogP contribution < -0.4 is 4.74 Å². The summed E-state index contributed by atoms with van der Waals surface area (Å²) in [4.78, 5) is 12.7. The molecule has 0 saturated carbocycles. The van der Waals surface area contributed by atoms with Gasteiger partial charge in [0.15, 0.2) is 0 Å². The van der Waals surface area contributed by atoms with E-state index in [1.54, 1.807) is 19.6 Å². The Bertz CT molecular complexity index is 524. The highest BCUT2D eigenvalue weighted by atomic mass is 79.9. The molecule has 0 atom stereocenters. The van der Waals surface area contributed by atoms with Gasteiger partial charge >= 0.3 is 0 Å². The molecule has 0 aromatic carbocycles. The van der Waals surface area contributed by atoms with Crippen molar-refractivity contribution >= 4 is 15.9 Å². The lowest BCUT2D eigenvalue weighted by Gasteiger charge is -2.06. The van der Waals surface area contributed by atoms with E-state index in [0.717, 1.165) is 15.9 Å². The minimum absolute atomic E-state index is 0.510. The predicted octanol–water partition coefficient (Wildman–Crippen LogP) is 2.05. The van der Waals surface area contributed by atoms with Crippen molar-refractivity contribution in [1.29, 1.82) is 0 Å². The summed E-state index contributed by atoms with van der Waals surface area (Å²) in [5.74, 6) is 1.06. The molecule has 0 unspecified atom stereocenters. The van der Waals surface area contributed by atoms with Gasteiger partial charge in [0.1, 0.15) is 6.33 Å². The molecule has 2 aromatic heterocycles. The highest BCUT2D eigenvalue weighted by molar-refractivity contribution is 9.10. The van der Waals surface area contributed by atoms with Crippen LogP contribution in [0.4, 0.5) is 0 Å². The van der Waals surface area contributed by atoms with Gasteiger partial charge in [-0.15, -0.1) is 0 Å². The fraction of sp³-hybridized carbons (Fsp3) is 0.300. The summed E-state index contributed by atoms with van der Waals surface area (Å²) in [6.07, 6.45) is 3.36. The van der Waals surface area contributed by atoms with Crippen LogP contribution in [-0.2, 0) is 0 Å². The first-order valence-electron chi connectivity index (χ1n) is 4.71. The van der Waals surface area contributed by atoms with E-state index in [1.165, 1.54) is 0 Å². The highest BCUT2D eigenvalue weighted by Crippen LogP contribution is 2.22. The van der Waals surface area contributed by atoms with E-state index < -0.39 is 0 Å². The minimum Gasteiger partial charge on any atom is -0.480 e. The van der Waals surface area contributed by atoms with Gasteiger partial charge in [0.2, 0.25) is 11.8 Å². The topological polar surface area (TPSA) is 52.8 Å². The molecule has 0 aliphatic heterocycles. The monoisotopic (exact) mass is 282 g/mol. The van der Waals surface area contributed by atoms with Crippen LogP contribution in [0.5, 0.6) is 5.88 Å². The fourth-order valence-electron chi connectivity index (χ4n) is 1.30. The molecule has 0 aliphatic carbocycles. The zero-order chi connectivity index (χ0) is 11.7. The number of rotatable bonds is 2. The van der Waals surface area contributed by atoms with Crippen LogP contribution in [0.3, 0.4) is 0 Å².